The van der Waals surface area contributed by atoms with Crippen LogP contribution in [0, 0.1) is 5.82 Å². The molecule has 0 aliphatic heterocycles. The van der Waals surface area contributed by atoms with Crippen molar-refractivity contribution in [2.75, 3.05) is 5.73 Å². The Morgan fingerprint density at radius 3 is 1.73 bits per heavy atom. The van der Waals surface area contributed by atoms with Gasteiger partial charge in [-0.1, -0.05) is 30.3 Å². The monoisotopic (exact) mass is 221 g/mol. The van der Waals surface area contributed by atoms with Crippen molar-refractivity contribution in [3.63, 3.8) is 0 Å². The molecule has 0 aliphatic rings. The van der Waals surface area contributed by atoms with Crippen LogP contribution in [0.5, 0.6) is 0 Å². The molecule has 2 N–H and O–H groups in total. The Morgan fingerprint density at radius 2 is 1.40 bits per heavy atom. The summed E-state index contributed by atoms with van der Waals surface area (Å²) in [6.45, 7) is 0. The predicted molar refractivity (Wildman–Crippen MR) is 64.5 cm³/mol. The van der Waals surface area contributed by atoms with E-state index >= 15 is 0 Å². The Hall–Kier alpha value is -1.48. The van der Waals surface area contributed by atoms with Crippen molar-refractivity contribution < 1.29 is 4.39 Å². The fourth-order valence-corrected chi connectivity index (χ4v) is 1.08. The van der Waals surface area contributed by atoms with Gasteiger partial charge in [0.2, 0.25) is 0 Å². The Morgan fingerprint density at radius 1 is 0.867 bits per heavy atom. The molecule has 0 spiro atoms. The fourth-order valence-electron chi connectivity index (χ4n) is 0.903. The third-order valence-electron chi connectivity index (χ3n) is 1.66. The van der Waals surface area contributed by atoms with Crippen LogP contribution in [0.3, 0.4) is 0 Å². The summed E-state index contributed by atoms with van der Waals surface area (Å²) in [6.07, 6.45) is 0. The van der Waals surface area contributed by atoms with Crippen LogP contribution in [0.25, 0.3) is 0 Å². The van der Waals surface area contributed by atoms with Crippen LogP contribution in [0.15, 0.2) is 59.5 Å². The normalized spacial score (nSPS) is 8.93. The molecule has 0 atom stereocenters. The van der Waals surface area contributed by atoms with Crippen LogP contribution in [-0.4, -0.2) is 0 Å². The minimum absolute atomic E-state index is 0.201. The molecule has 0 amide bonds. The molecule has 0 radical (unpaired) electrons. The van der Waals surface area contributed by atoms with Crippen LogP contribution >= 0.6 is 12.6 Å². The van der Waals surface area contributed by atoms with Crippen molar-refractivity contribution in [2.24, 2.45) is 0 Å². The van der Waals surface area contributed by atoms with Gasteiger partial charge in [-0.25, -0.2) is 4.39 Å². The van der Waals surface area contributed by atoms with Crippen LogP contribution < -0.4 is 5.73 Å². The number of rotatable bonds is 0. The van der Waals surface area contributed by atoms with Gasteiger partial charge in [0.1, 0.15) is 5.82 Å². The molecule has 0 heterocycles. The lowest BCUT2D eigenvalue weighted by Gasteiger charge is -1.89. The van der Waals surface area contributed by atoms with E-state index in [4.69, 9.17) is 5.73 Å². The van der Waals surface area contributed by atoms with E-state index in [-0.39, 0.29) is 11.5 Å². The molecule has 0 aromatic heterocycles. The third kappa shape index (κ3) is 4.51. The minimum Gasteiger partial charge on any atom is -0.396 e. The molecule has 0 fully saturated rings. The van der Waals surface area contributed by atoms with E-state index in [1.54, 1.807) is 12.1 Å². The first-order valence-corrected chi connectivity index (χ1v) is 4.89. The number of para-hydroxylation sites is 1. The van der Waals surface area contributed by atoms with Gasteiger partial charge >= 0.3 is 0 Å². The van der Waals surface area contributed by atoms with Crippen molar-refractivity contribution >= 4 is 18.3 Å². The number of nitrogens with two attached hydrogens (primary N) is 1. The Balaban J connectivity index is 0.000000151. The van der Waals surface area contributed by atoms with Gasteiger partial charge in [0, 0.05) is 4.90 Å². The summed E-state index contributed by atoms with van der Waals surface area (Å²) in [5.41, 5.74) is 5.35. The van der Waals surface area contributed by atoms with Gasteiger partial charge in [-0.2, -0.15) is 0 Å². The standard InChI is InChI=1S/C6H6FN.C6H6S/c7-5-3-1-2-4-6(5)8;7-6-4-2-1-3-5-6/h1-4H,8H2;1-5,7H. The summed E-state index contributed by atoms with van der Waals surface area (Å²) in [7, 11) is 0. The lowest BCUT2D eigenvalue weighted by Crippen LogP contribution is -1.86. The molecule has 1 nitrogen and oxygen atoms in total. The number of anilines is 1. The van der Waals surface area contributed by atoms with Crippen LogP contribution in [0.2, 0.25) is 0 Å². The van der Waals surface area contributed by atoms with E-state index < -0.39 is 0 Å². The van der Waals surface area contributed by atoms with Crippen LogP contribution in [0.4, 0.5) is 10.1 Å². The van der Waals surface area contributed by atoms with Crippen LogP contribution in [-0.2, 0) is 0 Å². The van der Waals surface area contributed by atoms with Gasteiger partial charge < -0.3 is 5.73 Å². The Labute approximate surface area is 94.2 Å². The highest BCUT2D eigenvalue weighted by Crippen LogP contribution is 2.05. The molecule has 15 heavy (non-hydrogen) atoms. The SMILES string of the molecule is Nc1ccccc1F.Sc1ccccc1. The summed E-state index contributed by atoms with van der Waals surface area (Å²) in [5.74, 6) is -0.354. The van der Waals surface area contributed by atoms with Crippen molar-refractivity contribution in [1.29, 1.82) is 0 Å². The highest BCUT2D eigenvalue weighted by molar-refractivity contribution is 7.80. The molecular weight excluding hydrogens is 209 g/mol. The first-order valence-electron chi connectivity index (χ1n) is 4.44. The second kappa shape index (κ2) is 6.09. The maximum absolute atomic E-state index is 12.2. The number of benzene rings is 2. The third-order valence-corrected chi connectivity index (χ3v) is 1.96. The topological polar surface area (TPSA) is 26.0 Å². The average molecular weight is 221 g/mol. The molecule has 2 aromatic rings. The number of halogens is 1. The highest BCUT2D eigenvalue weighted by atomic mass is 32.1. The fraction of sp³-hybridized carbons (Fsp3) is 0. The summed E-state index contributed by atoms with van der Waals surface area (Å²) in [6, 6.07) is 15.9. The zero-order chi connectivity index (χ0) is 11.1. The first kappa shape index (κ1) is 11.6. The Kier molecular flexibility index (Phi) is 4.71. The molecule has 0 bridgehead atoms. The van der Waals surface area contributed by atoms with Crippen LogP contribution in [0.1, 0.15) is 0 Å². The highest BCUT2D eigenvalue weighted by Gasteiger charge is 1.89. The molecule has 2 rings (SSSR count). The van der Waals surface area contributed by atoms with E-state index in [0.717, 1.165) is 4.90 Å². The maximum Gasteiger partial charge on any atom is 0.146 e. The number of nitrogen functional groups attached to an aromatic ring is 1. The van der Waals surface area contributed by atoms with E-state index in [0.29, 0.717) is 0 Å². The summed E-state index contributed by atoms with van der Waals surface area (Å²) < 4.78 is 12.2. The zero-order valence-corrected chi connectivity index (χ0v) is 8.99. The number of hydrogen-bond acceptors (Lipinski definition) is 2. The second-order valence-corrected chi connectivity index (χ2v) is 3.37. The largest absolute Gasteiger partial charge is 0.396 e. The maximum atomic E-state index is 12.2. The molecule has 3 heteroatoms. The van der Waals surface area contributed by atoms with E-state index in [1.165, 1.54) is 12.1 Å². The van der Waals surface area contributed by atoms with Crippen molar-refractivity contribution in [3.8, 4) is 0 Å². The predicted octanol–water partition coefficient (Wildman–Crippen LogP) is 3.38. The van der Waals surface area contributed by atoms with E-state index in [9.17, 15) is 4.39 Å². The van der Waals surface area contributed by atoms with Gasteiger partial charge in [0.05, 0.1) is 5.69 Å². The van der Waals surface area contributed by atoms with Gasteiger partial charge in [-0.05, 0) is 24.3 Å². The lowest BCUT2D eigenvalue weighted by molar-refractivity contribution is 0.632. The summed E-state index contributed by atoms with van der Waals surface area (Å²) in [4.78, 5) is 1.02. The second-order valence-electron chi connectivity index (χ2n) is 2.86. The lowest BCUT2D eigenvalue weighted by atomic mass is 10.3. The Bertz CT molecular complexity index is 382. The first-order chi connectivity index (χ1) is 7.20. The molecule has 78 valence electrons. The summed E-state index contributed by atoms with van der Waals surface area (Å²) in [5, 5.41) is 0. The molecular formula is C12H12FNS. The molecule has 0 aliphatic carbocycles. The van der Waals surface area contributed by atoms with Crippen molar-refractivity contribution in [3.05, 3.63) is 60.4 Å². The van der Waals surface area contributed by atoms with E-state index in [2.05, 4.69) is 12.6 Å². The number of hydrogen-bond donors (Lipinski definition) is 2. The smallest absolute Gasteiger partial charge is 0.146 e. The van der Waals surface area contributed by atoms with E-state index in [1.807, 2.05) is 30.3 Å². The zero-order valence-electron chi connectivity index (χ0n) is 8.10. The van der Waals surface area contributed by atoms with Gasteiger partial charge in [-0.15, -0.1) is 12.6 Å². The van der Waals surface area contributed by atoms with Gasteiger partial charge in [-0.3, -0.25) is 0 Å². The minimum atomic E-state index is -0.354. The van der Waals surface area contributed by atoms with Gasteiger partial charge in [0.25, 0.3) is 0 Å². The van der Waals surface area contributed by atoms with Crippen molar-refractivity contribution in [1.82, 2.24) is 0 Å². The van der Waals surface area contributed by atoms with Crippen molar-refractivity contribution in [2.45, 2.75) is 4.90 Å². The summed E-state index contributed by atoms with van der Waals surface area (Å²) >= 11 is 4.08. The molecule has 0 saturated heterocycles. The molecule has 2 aromatic carbocycles. The van der Waals surface area contributed by atoms with Gasteiger partial charge in [0.15, 0.2) is 0 Å². The molecule has 0 unspecified atom stereocenters. The average Bonchev–Trinajstić information content (AvgIpc) is 2.25. The molecule has 0 saturated carbocycles. The quantitative estimate of drug-likeness (QED) is 0.517. The number of thiol groups is 1.